The monoisotopic (exact) mass is 966 g/mol. The van der Waals surface area contributed by atoms with Gasteiger partial charge in [0.1, 0.15) is 11.4 Å². The summed E-state index contributed by atoms with van der Waals surface area (Å²) < 4.78 is 123. The summed E-state index contributed by atoms with van der Waals surface area (Å²) >= 11 is 0. The van der Waals surface area contributed by atoms with E-state index in [0.29, 0.717) is 5.69 Å². The van der Waals surface area contributed by atoms with Crippen molar-refractivity contribution in [3.8, 4) is 22.3 Å². The zero-order valence-electron chi connectivity index (χ0n) is 37.0. The number of amides is 3. The average Bonchev–Trinajstić information content (AvgIpc) is 3.69. The van der Waals surface area contributed by atoms with Gasteiger partial charge in [-0.2, -0.15) is 0 Å². The predicted octanol–water partition coefficient (Wildman–Crippen LogP) is 12.8. The second kappa shape index (κ2) is 18.5. The summed E-state index contributed by atoms with van der Waals surface area (Å²) in [6.07, 6.45) is 0. The van der Waals surface area contributed by atoms with Gasteiger partial charge in [-0.1, -0.05) is 84.9 Å². The molecule has 4 N–H and O–H groups in total. The second-order valence-corrected chi connectivity index (χ2v) is 16.3. The molecule has 0 aromatic heterocycles. The summed E-state index contributed by atoms with van der Waals surface area (Å²) in [5.41, 5.74) is -1.48. The first-order valence-corrected chi connectivity index (χ1v) is 21.5. The van der Waals surface area contributed by atoms with Gasteiger partial charge in [0.15, 0.2) is 52.3 Å². The van der Waals surface area contributed by atoms with E-state index >= 15 is 35.1 Å². The number of ketones is 1. The minimum absolute atomic E-state index is 0.0293. The zero-order chi connectivity index (χ0) is 50.5. The van der Waals surface area contributed by atoms with Crippen molar-refractivity contribution < 1.29 is 54.3 Å². The summed E-state index contributed by atoms with van der Waals surface area (Å²) in [7, 11) is 1.84. The Hall–Kier alpha value is -8.92. The van der Waals surface area contributed by atoms with Crippen molar-refractivity contribution in [2.24, 2.45) is 0 Å². The van der Waals surface area contributed by atoms with Gasteiger partial charge in [-0.25, -0.2) is 35.1 Å². The third kappa shape index (κ3) is 8.02. The van der Waals surface area contributed by atoms with E-state index in [0.717, 1.165) is 63.3 Å². The van der Waals surface area contributed by atoms with Crippen molar-refractivity contribution in [2.75, 3.05) is 28.3 Å². The van der Waals surface area contributed by atoms with Crippen LogP contribution in [0.4, 0.5) is 57.9 Å². The highest BCUT2D eigenvalue weighted by molar-refractivity contribution is 6.08. The molecule has 0 saturated heterocycles. The van der Waals surface area contributed by atoms with Gasteiger partial charge in [0, 0.05) is 40.7 Å². The number of anilines is 4. The molecule has 8 aromatic carbocycles. The van der Waals surface area contributed by atoms with Gasteiger partial charge < -0.3 is 21.3 Å². The third-order valence-corrected chi connectivity index (χ3v) is 12.4. The van der Waals surface area contributed by atoms with E-state index in [-0.39, 0.29) is 28.0 Å². The smallest absolute Gasteiger partial charge is 0.255 e. The molecule has 1 aliphatic rings. The largest absolute Gasteiger partial charge is 0.388 e. The number of hydrogen-bond donors (Lipinski definition) is 4. The quantitative estimate of drug-likeness (QED) is 0.0585. The molecule has 71 heavy (non-hydrogen) atoms. The highest BCUT2D eigenvalue weighted by Gasteiger charge is 2.46. The molecule has 9 rings (SSSR count). The SMILES string of the molecule is CNc1ccc(C2(c3ccc(NC(=O)c4ccc(C(=O)Nc5c(F)c(F)c(-c6c(F)c(F)c(NC(=O)c7ccc(C(C)=O)cc7)c(F)c6F)c(F)c5F)cc4)cc3)c3ccccc3-c3ccccc32)cc1. The first-order valence-electron chi connectivity index (χ1n) is 21.5. The zero-order valence-corrected chi connectivity index (χ0v) is 37.0. The van der Waals surface area contributed by atoms with E-state index in [1.807, 2.05) is 55.6 Å². The normalized spacial score (nSPS) is 12.1. The molecule has 0 radical (unpaired) electrons. The van der Waals surface area contributed by atoms with Gasteiger partial charge in [0.05, 0.1) is 16.5 Å². The second-order valence-electron chi connectivity index (χ2n) is 16.3. The lowest BCUT2D eigenvalue weighted by Gasteiger charge is -2.34. The molecule has 0 aliphatic heterocycles. The fourth-order valence-corrected chi connectivity index (χ4v) is 8.84. The molecule has 8 nitrogen and oxygen atoms in total. The molecular formula is C55H34F8N4O4. The molecule has 0 fully saturated rings. The van der Waals surface area contributed by atoms with E-state index in [1.165, 1.54) is 31.2 Å². The van der Waals surface area contributed by atoms with Crippen LogP contribution in [0.2, 0.25) is 0 Å². The van der Waals surface area contributed by atoms with Crippen molar-refractivity contribution in [3.05, 3.63) is 237 Å². The van der Waals surface area contributed by atoms with Crippen LogP contribution >= 0.6 is 0 Å². The number of nitrogens with one attached hydrogen (secondary N) is 4. The first-order chi connectivity index (χ1) is 34.1. The molecule has 354 valence electrons. The minimum Gasteiger partial charge on any atom is -0.388 e. The molecule has 0 unspecified atom stereocenters. The van der Waals surface area contributed by atoms with Crippen molar-refractivity contribution in [3.63, 3.8) is 0 Å². The summed E-state index contributed by atoms with van der Waals surface area (Å²) in [5, 5.41) is 9.18. The Morgan fingerprint density at radius 3 is 1.06 bits per heavy atom. The van der Waals surface area contributed by atoms with Crippen LogP contribution in [-0.4, -0.2) is 30.6 Å². The number of benzene rings is 8. The molecular weight excluding hydrogens is 933 g/mol. The van der Waals surface area contributed by atoms with Crippen LogP contribution in [0.25, 0.3) is 22.3 Å². The van der Waals surface area contributed by atoms with Crippen LogP contribution in [0.5, 0.6) is 0 Å². The third-order valence-electron chi connectivity index (χ3n) is 12.4. The van der Waals surface area contributed by atoms with Crippen LogP contribution in [0.3, 0.4) is 0 Å². The van der Waals surface area contributed by atoms with Crippen LogP contribution in [0.15, 0.2) is 146 Å². The summed E-state index contributed by atoms with van der Waals surface area (Å²) in [6.45, 7) is 1.22. The van der Waals surface area contributed by atoms with Crippen molar-refractivity contribution in [2.45, 2.75) is 12.3 Å². The lowest BCUT2D eigenvalue weighted by atomic mass is 9.67. The van der Waals surface area contributed by atoms with Crippen molar-refractivity contribution >= 4 is 46.3 Å². The lowest BCUT2D eigenvalue weighted by Crippen LogP contribution is -2.28. The molecule has 0 bridgehead atoms. The standard InChI is InChI=1S/C55H34F8N4O4/c1-27(68)28-11-13-30(14-12-28)53(70)66-50-46(60)42(56)40(43(57)47(50)61)41-44(58)48(62)51(49(63)45(41)59)67-54(71)31-17-15-29(16-18-31)52(69)65-35-25-21-33(22-26-35)55(32-19-23-34(64-2)24-20-32)38-9-5-3-7-36(38)37-8-4-6-10-39(37)55/h3-26,64H,1-2H3,(H,65,69)(H,66,70)(H,67,71). The van der Waals surface area contributed by atoms with Gasteiger partial charge in [-0.3, -0.25) is 19.2 Å². The van der Waals surface area contributed by atoms with Gasteiger partial charge >= 0.3 is 0 Å². The highest BCUT2D eigenvalue weighted by Crippen LogP contribution is 2.56. The topological polar surface area (TPSA) is 116 Å². The molecule has 0 heterocycles. The summed E-state index contributed by atoms with van der Waals surface area (Å²) in [5.74, 6) is -23.4. The maximum Gasteiger partial charge on any atom is 0.255 e. The number of halogens is 8. The molecule has 0 atom stereocenters. The van der Waals surface area contributed by atoms with Crippen LogP contribution in [-0.2, 0) is 5.41 Å². The van der Waals surface area contributed by atoms with Gasteiger partial charge in [-0.05, 0) is 101 Å². The van der Waals surface area contributed by atoms with Gasteiger partial charge in [-0.15, -0.1) is 0 Å². The Balaban J connectivity index is 0.927. The molecule has 0 spiro atoms. The van der Waals surface area contributed by atoms with Crippen molar-refractivity contribution in [1.82, 2.24) is 0 Å². The van der Waals surface area contributed by atoms with Gasteiger partial charge in [0.2, 0.25) is 0 Å². The number of rotatable bonds is 11. The Kier molecular flexibility index (Phi) is 12.3. The maximum atomic E-state index is 15.5. The molecule has 0 saturated carbocycles. The van der Waals surface area contributed by atoms with E-state index in [4.69, 9.17) is 0 Å². The maximum absolute atomic E-state index is 15.5. The Morgan fingerprint density at radius 1 is 0.380 bits per heavy atom. The fourth-order valence-electron chi connectivity index (χ4n) is 8.84. The van der Waals surface area contributed by atoms with E-state index in [2.05, 4.69) is 47.0 Å². The minimum atomic E-state index is -2.55. The van der Waals surface area contributed by atoms with Gasteiger partial charge in [0.25, 0.3) is 17.7 Å². The molecule has 1 aliphatic carbocycles. The number of carbonyl (C=O) groups is 4. The van der Waals surface area contributed by atoms with E-state index < -0.39 is 92.2 Å². The number of Topliss-reactive ketones (excluding diaryl/α,β-unsaturated/α-hetero) is 1. The molecule has 8 aromatic rings. The first kappa shape index (κ1) is 47.2. The molecule has 16 heteroatoms. The summed E-state index contributed by atoms with van der Waals surface area (Å²) in [4.78, 5) is 50.7. The van der Waals surface area contributed by atoms with Crippen molar-refractivity contribution in [1.29, 1.82) is 0 Å². The van der Waals surface area contributed by atoms with Crippen LogP contribution < -0.4 is 21.3 Å². The Labute approximate surface area is 399 Å². The Morgan fingerprint density at radius 2 is 0.704 bits per heavy atom. The number of carbonyl (C=O) groups excluding carboxylic acids is 4. The highest BCUT2D eigenvalue weighted by atomic mass is 19.2. The van der Waals surface area contributed by atoms with Crippen LogP contribution in [0, 0.1) is 46.5 Å². The predicted molar refractivity (Wildman–Crippen MR) is 252 cm³/mol. The average molecular weight is 967 g/mol. The number of hydrogen-bond acceptors (Lipinski definition) is 5. The van der Waals surface area contributed by atoms with E-state index in [9.17, 15) is 19.2 Å². The summed E-state index contributed by atoms with van der Waals surface area (Å²) in [6, 6.07) is 40.9. The fraction of sp³-hybridized carbons (Fsp3) is 0.0545. The van der Waals surface area contributed by atoms with E-state index in [1.54, 1.807) is 22.8 Å². The Bertz CT molecular complexity index is 3390. The lowest BCUT2D eigenvalue weighted by molar-refractivity contribution is 0.100. The molecule has 3 amide bonds. The number of fused-ring (bicyclic) bond motifs is 3. The van der Waals surface area contributed by atoms with Crippen LogP contribution in [0.1, 0.15) is 70.6 Å².